The van der Waals surface area contributed by atoms with Crippen molar-refractivity contribution in [3.63, 3.8) is 0 Å². The first-order valence-electron chi connectivity index (χ1n) is 8.38. The van der Waals surface area contributed by atoms with Gasteiger partial charge in [0.1, 0.15) is 25.7 Å². The van der Waals surface area contributed by atoms with Gasteiger partial charge in [-0.05, 0) is 12.8 Å². The van der Waals surface area contributed by atoms with E-state index in [0.717, 1.165) is 58.5 Å². The second kappa shape index (κ2) is 14.2. The van der Waals surface area contributed by atoms with Crippen LogP contribution >= 0.6 is 0 Å². The largest absolute Gasteiger partial charge is 1.00 e. The van der Waals surface area contributed by atoms with Crippen LogP contribution in [0.2, 0.25) is 0 Å². The summed E-state index contributed by atoms with van der Waals surface area (Å²) < 4.78 is 9.92. The molecule has 0 aliphatic carbocycles. The summed E-state index contributed by atoms with van der Waals surface area (Å²) in [6.07, 6.45) is 7.93. The molecule has 1 rings (SSSR count). The van der Waals surface area contributed by atoms with Crippen molar-refractivity contribution in [2.45, 2.75) is 57.5 Å². The summed E-state index contributed by atoms with van der Waals surface area (Å²) in [5.41, 5.74) is 0. The summed E-state index contributed by atoms with van der Waals surface area (Å²) in [4.78, 5) is 12.4. The summed E-state index contributed by atoms with van der Waals surface area (Å²) in [7, 11) is 1.44. The van der Waals surface area contributed by atoms with Gasteiger partial charge in [0.05, 0.1) is 20.3 Å². The van der Waals surface area contributed by atoms with Gasteiger partial charge in [-0.2, -0.15) is 0 Å². The van der Waals surface area contributed by atoms with E-state index in [4.69, 9.17) is 4.74 Å². The number of halogens is 1. The normalized spacial score (nSPS) is 16.8. The zero-order valence-corrected chi connectivity index (χ0v) is 14.6. The molecule has 1 unspecified atom stereocenters. The highest BCUT2D eigenvalue weighted by molar-refractivity contribution is 5.68. The molecular weight excluding hydrogens is 306 g/mol. The lowest BCUT2D eigenvalue weighted by Gasteiger charge is -2.25. The number of aliphatic hydroxyl groups excluding tert-OH is 1. The highest BCUT2D eigenvalue weighted by Crippen LogP contribution is 2.09. The molecule has 0 aromatic carbocycles. The van der Waals surface area contributed by atoms with Gasteiger partial charge in [0.15, 0.2) is 0 Å². The van der Waals surface area contributed by atoms with E-state index in [1.54, 1.807) is 0 Å². The van der Waals surface area contributed by atoms with E-state index >= 15 is 0 Å². The molecule has 5 nitrogen and oxygen atoms in total. The molecule has 1 aliphatic heterocycles. The first-order chi connectivity index (χ1) is 10.2. The smallest absolute Gasteiger partial charge is 0.305 e. The van der Waals surface area contributed by atoms with Gasteiger partial charge in [0.25, 0.3) is 0 Å². The Morgan fingerprint density at radius 2 is 1.73 bits per heavy atom. The summed E-state index contributed by atoms with van der Waals surface area (Å²) in [5, 5.41) is 10.0. The molecule has 22 heavy (non-hydrogen) atoms. The van der Waals surface area contributed by atoms with Gasteiger partial charge in [-0.1, -0.05) is 32.1 Å². The predicted octanol–water partition coefficient (Wildman–Crippen LogP) is -2.44. The molecule has 1 fully saturated rings. The standard InChI is InChI=1S/C16H31NO4.ClH/c1-20-16(19)9-7-5-3-2-4-6-8-15(18)14-17-10-12-21-13-11-17;/h15,18H,2-14H2,1H3;1H. The van der Waals surface area contributed by atoms with Crippen molar-refractivity contribution < 1.29 is 36.7 Å². The average Bonchev–Trinajstić information content (AvgIpc) is 2.50. The molecule has 6 heteroatoms. The Hall–Kier alpha value is -0.360. The highest BCUT2D eigenvalue weighted by atomic mass is 35.5. The Bertz CT molecular complexity index is 273. The third-order valence-corrected chi connectivity index (χ3v) is 4.12. The summed E-state index contributed by atoms with van der Waals surface area (Å²) in [6.45, 7) is 4.57. The first-order valence-corrected chi connectivity index (χ1v) is 8.38. The topological polar surface area (TPSA) is 60.2 Å². The number of nitrogens with one attached hydrogen (secondary N) is 1. The zero-order chi connectivity index (χ0) is 15.3. The van der Waals surface area contributed by atoms with Gasteiger partial charge in [-0.3, -0.25) is 4.79 Å². The molecule has 0 aromatic heterocycles. The molecular formula is C16H32ClNO4. The second-order valence-electron chi connectivity index (χ2n) is 5.96. The van der Waals surface area contributed by atoms with Crippen LogP contribution in [0.25, 0.3) is 0 Å². The van der Waals surface area contributed by atoms with Crippen LogP contribution in [-0.4, -0.2) is 57.1 Å². The molecule has 0 amide bonds. The monoisotopic (exact) mass is 337 g/mol. The minimum absolute atomic E-state index is 0. The Morgan fingerprint density at radius 3 is 2.36 bits per heavy atom. The van der Waals surface area contributed by atoms with Gasteiger partial charge >= 0.3 is 5.97 Å². The van der Waals surface area contributed by atoms with Gasteiger partial charge in [0, 0.05) is 6.42 Å². The van der Waals surface area contributed by atoms with Crippen LogP contribution in [0.3, 0.4) is 0 Å². The van der Waals surface area contributed by atoms with Crippen LogP contribution in [0, 0.1) is 0 Å². The maximum Gasteiger partial charge on any atom is 0.305 e. The number of morpholine rings is 1. The van der Waals surface area contributed by atoms with Gasteiger partial charge in [0.2, 0.25) is 0 Å². The number of unbranched alkanes of at least 4 members (excludes halogenated alkanes) is 5. The molecule has 0 spiro atoms. The average molecular weight is 338 g/mol. The number of carbonyl (C=O) groups is 1. The van der Waals surface area contributed by atoms with Crippen LogP contribution in [0.4, 0.5) is 0 Å². The van der Waals surface area contributed by atoms with Crippen LogP contribution in [-0.2, 0) is 14.3 Å². The van der Waals surface area contributed by atoms with E-state index < -0.39 is 0 Å². The van der Waals surface area contributed by atoms with Crippen molar-refractivity contribution in [2.24, 2.45) is 0 Å². The number of aliphatic hydroxyl groups is 1. The lowest BCUT2D eigenvalue weighted by molar-refractivity contribution is -0.911. The van der Waals surface area contributed by atoms with Gasteiger partial charge in [-0.25, -0.2) is 0 Å². The molecule has 0 aromatic rings. The number of quaternary nitrogens is 1. The van der Waals surface area contributed by atoms with Crippen molar-refractivity contribution in [3.8, 4) is 0 Å². The van der Waals surface area contributed by atoms with Gasteiger partial charge in [-0.15, -0.1) is 0 Å². The number of rotatable bonds is 11. The minimum Gasteiger partial charge on any atom is -1.00 e. The lowest BCUT2D eigenvalue weighted by Crippen LogP contribution is -3.15. The Balaban J connectivity index is 0.00000441. The molecule has 1 heterocycles. The van der Waals surface area contributed by atoms with Crippen LogP contribution < -0.4 is 17.3 Å². The van der Waals surface area contributed by atoms with Crippen molar-refractivity contribution >= 4 is 5.97 Å². The second-order valence-corrected chi connectivity index (χ2v) is 5.96. The number of hydrogen-bond donors (Lipinski definition) is 2. The van der Waals surface area contributed by atoms with Crippen LogP contribution in [0.5, 0.6) is 0 Å². The highest BCUT2D eigenvalue weighted by Gasteiger charge is 2.17. The molecule has 132 valence electrons. The number of ether oxygens (including phenoxy) is 2. The molecule has 0 saturated carbocycles. The van der Waals surface area contributed by atoms with Crippen molar-refractivity contribution in [1.29, 1.82) is 0 Å². The number of esters is 1. The SMILES string of the molecule is COC(=O)CCCCCCCCC(O)C[NH+]1CCOCC1.[Cl-]. The van der Waals surface area contributed by atoms with Crippen molar-refractivity contribution in [2.75, 3.05) is 40.0 Å². The van der Waals surface area contributed by atoms with E-state index in [9.17, 15) is 9.90 Å². The van der Waals surface area contributed by atoms with E-state index in [2.05, 4.69) is 4.74 Å². The zero-order valence-electron chi connectivity index (χ0n) is 13.8. The number of methoxy groups -OCH3 is 1. The Morgan fingerprint density at radius 1 is 1.14 bits per heavy atom. The summed E-state index contributed by atoms with van der Waals surface area (Å²) >= 11 is 0. The molecule has 2 N–H and O–H groups in total. The third kappa shape index (κ3) is 11.2. The van der Waals surface area contributed by atoms with Crippen LogP contribution in [0.15, 0.2) is 0 Å². The maximum atomic E-state index is 10.9. The third-order valence-electron chi connectivity index (χ3n) is 4.12. The fourth-order valence-corrected chi connectivity index (χ4v) is 2.76. The number of hydrogen-bond acceptors (Lipinski definition) is 4. The van der Waals surface area contributed by atoms with E-state index in [-0.39, 0.29) is 24.5 Å². The van der Waals surface area contributed by atoms with E-state index in [1.165, 1.54) is 31.3 Å². The molecule has 1 saturated heterocycles. The summed E-state index contributed by atoms with van der Waals surface area (Å²) in [5.74, 6) is -0.108. The minimum atomic E-state index is -0.169. The van der Waals surface area contributed by atoms with Crippen molar-refractivity contribution in [1.82, 2.24) is 0 Å². The Labute approximate surface area is 140 Å². The summed E-state index contributed by atoms with van der Waals surface area (Å²) in [6, 6.07) is 0. The van der Waals surface area contributed by atoms with E-state index in [0.29, 0.717) is 6.42 Å². The molecule has 1 atom stereocenters. The molecule has 1 aliphatic rings. The first kappa shape index (κ1) is 21.6. The quantitative estimate of drug-likeness (QED) is 0.325. The fourth-order valence-electron chi connectivity index (χ4n) is 2.76. The molecule has 0 radical (unpaired) electrons. The van der Waals surface area contributed by atoms with E-state index in [1.807, 2.05) is 0 Å². The van der Waals surface area contributed by atoms with Gasteiger partial charge < -0.3 is 31.9 Å². The fraction of sp³-hybridized carbons (Fsp3) is 0.938. The van der Waals surface area contributed by atoms with Crippen LogP contribution in [0.1, 0.15) is 51.4 Å². The lowest BCUT2D eigenvalue weighted by atomic mass is 10.1. The molecule has 0 bridgehead atoms. The predicted molar refractivity (Wildman–Crippen MR) is 81.3 cm³/mol. The maximum absolute atomic E-state index is 10.9. The number of carbonyl (C=O) groups excluding carboxylic acids is 1. The van der Waals surface area contributed by atoms with Crippen molar-refractivity contribution in [3.05, 3.63) is 0 Å². The Kier molecular flexibility index (Phi) is 14.0.